The molecule has 0 fully saturated rings. The van der Waals surface area contributed by atoms with Gasteiger partial charge in [0.05, 0.1) is 0 Å². The molecule has 0 aliphatic carbocycles. The minimum atomic E-state index is -0.897. The fourth-order valence-electron chi connectivity index (χ4n) is 3.97. The summed E-state index contributed by atoms with van der Waals surface area (Å²) in [5, 5.41) is 14.5. The number of nitrogens with zero attached hydrogens (tertiary/aromatic N) is 1. The van der Waals surface area contributed by atoms with Gasteiger partial charge in [0.15, 0.2) is 0 Å². The monoisotopic (exact) mass is 398 g/mol. The van der Waals surface area contributed by atoms with Gasteiger partial charge in [-0.05, 0) is 36.6 Å². The van der Waals surface area contributed by atoms with Crippen LogP contribution in [-0.2, 0) is 19.6 Å². The van der Waals surface area contributed by atoms with E-state index in [1.165, 1.54) is 16.7 Å². The van der Waals surface area contributed by atoms with E-state index < -0.39 is 5.97 Å². The van der Waals surface area contributed by atoms with E-state index in [4.69, 9.17) is 0 Å². The zero-order valence-corrected chi connectivity index (χ0v) is 17.4. The molecule has 0 aliphatic heterocycles. The lowest BCUT2D eigenvalue weighted by Gasteiger charge is -2.11. The van der Waals surface area contributed by atoms with Crippen LogP contribution < -0.4 is 5.32 Å². The Labute approximate surface area is 176 Å². The molecule has 0 bridgehead atoms. The average Bonchev–Trinajstić information content (AvgIpc) is 3.05. The van der Waals surface area contributed by atoms with E-state index in [0.29, 0.717) is 25.3 Å². The highest BCUT2D eigenvalue weighted by Gasteiger charge is 2.22. The van der Waals surface area contributed by atoms with Gasteiger partial charge in [0, 0.05) is 36.1 Å². The van der Waals surface area contributed by atoms with E-state index in [1.54, 1.807) is 0 Å². The first-order chi connectivity index (χ1) is 14.5. The standard InChI is InChI=1S/C26H26N2O2/c1-18-11-13-20(14-12-18)17-28-24-10-6-5-9-22(24)23(25(28)26(29)30)16-27-15-21-8-4-3-7-19(21)2/h3-14,27H,15-17H2,1-2H3,(H,29,30). The maximum Gasteiger partial charge on any atom is 0.352 e. The van der Waals surface area contributed by atoms with Crippen molar-refractivity contribution in [3.8, 4) is 0 Å². The van der Waals surface area contributed by atoms with E-state index in [9.17, 15) is 9.90 Å². The van der Waals surface area contributed by atoms with E-state index in [0.717, 1.165) is 22.0 Å². The number of carboxylic acids is 1. The second-order valence-corrected chi connectivity index (χ2v) is 7.75. The Kier molecular flexibility index (Phi) is 5.68. The normalized spacial score (nSPS) is 11.1. The van der Waals surface area contributed by atoms with Crippen LogP contribution in [0.15, 0.2) is 72.8 Å². The number of hydrogen-bond donors (Lipinski definition) is 2. The molecule has 0 unspecified atom stereocenters. The van der Waals surface area contributed by atoms with Gasteiger partial charge < -0.3 is 15.0 Å². The molecule has 0 spiro atoms. The predicted octanol–water partition coefficient (Wildman–Crippen LogP) is 5.29. The number of benzene rings is 3. The summed E-state index contributed by atoms with van der Waals surface area (Å²) in [6.45, 7) is 5.86. The number of para-hydroxylation sites is 1. The van der Waals surface area contributed by atoms with Crippen LogP contribution in [-0.4, -0.2) is 15.6 Å². The third kappa shape index (κ3) is 4.00. The van der Waals surface area contributed by atoms with Crippen molar-refractivity contribution in [3.05, 3.63) is 106 Å². The van der Waals surface area contributed by atoms with Gasteiger partial charge in [-0.25, -0.2) is 4.79 Å². The summed E-state index contributed by atoms with van der Waals surface area (Å²) < 4.78 is 1.92. The molecule has 0 amide bonds. The zero-order chi connectivity index (χ0) is 21.1. The Hall–Kier alpha value is -3.37. The lowest BCUT2D eigenvalue weighted by Crippen LogP contribution is -2.17. The van der Waals surface area contributed by atoms with Crippen LogP contribution in [0.25, 0.3) is 10.9 Å². The highest BCUT2D eigenvalue weighted by molar-refractivity contribution is 5.98. The number of rotatable bonds is 7. The quantitative estimate of drug-likeness (QED) is 0.444. The molecule has 2 N–H and O–H groups in total. The maximum absolute atomic E-state index is 12.3. The molecule has 0 atom stereocenters. The molecule has 3 aromatic carbocycles. The Balaban J connectivity index is 1.70. The van der Waals surface area contributed by atoms with Gasteiger partial charge in [0.1, 0.15) is 5.69 Å². The van der Waals surface area contributed by atoms with Crippen LogP contribution in [0.4, 0.5) is 0 Å². The molecule has 1 aromatic heterocycles. The number of carbonyl (C=O) groups is 1. The summed E-state index contributed by atoms with van der Waals surface area (Å²) in [5.74, 6) is -0.897. The number of hydrogen-bond acceptors (Lipinski definition) is 2. The van der Waals surface area contributed by atoms with Crippen molar-refractivity contribution in [1.29, 1.82) is 0 Å². The molecule has 0 saturated carbocycles. The first-order valence-electron chi connectivity index (χ1n) is 10.2. The number of aromatic carboxylic acids is 1. The molecule has 0 aliphatic rings. The third-order valence-electron chi connectivity index (χ3n) is 5.62. The molecule has 0 saturated heterocycles. The fourth-order valence-corrected chi connectivity index (χ4v) is 3.97. The van der Waals surface area contributed by atoms with Crippen molar-refractivity contribution in [2.75, 3.05) is 0 Å². The second kappa shape index (κ2) is 8.56. The number of nitrogens with one attached hydrogen (secondary N) is 1. The predicted molar refractivity (Wildman–Crippen MR) is 121 cm³/mol. The highest BCUT2D eigenvalue weighted by Crippen LogP contribution is 2.28. The summed E-state index contributed by atoms with van der Waals surface area (Å²) in [4.78, 5) is 12.3. The van der Waals surface area contributed by atoms with E-state index in [-0.39, 0.29) is 0 Å². The lowest BCUT2D eigenvalue weighted by atomic mass is 10.1. The van der Waals surface area contributed by atoms with E-state index in [2.05, 4.69) is 55.6 Å². The molecular weight excluding hydrogens is 372 g/mol. The molecule has 0 radical (unpaired) electrons. The minimum Gasteiger partial charge on any atom is -0.477 e. The molecule has 30 heavy (non-hydrogen) atoms. The largest absolute Gasteiger partial charge is 0.477 e. The first kappa shape index (κ1) is 19.9. The van der Waals surface area contributed by atoms with Crippen molar-refractivity contribution >= 4 is 16.9 Å². The molecular formula is C26H26N2O2. The van der Waals surface area contributed by atoms with Crippen molar-refractivity contribution in [2.24, 2.45) is 0 Å². The van der Waals surface area contributed by atoms with Gasteiger partial charge in [-0.1, -0.05) is 72.3 Å². The Bertz CT molecular complexity index is 1190. The molecule has 4 heteroatoms. The number of aryl methyl sites for hydroxylation is 2. The first-order valence-corrected chi connectivity index (χ1v) is 10.2. The summed E-state index contributed by atoms with van der Waals surface area (Å²) in [6.07, 6.45) is 0. The molecule has 1 heterocycles. The van der Waals surface area contributed by atoms with Crippen LogP contribution in [0.2, 0.25) is 0 Å². The summed E-state index contributed by atoms with van der Waals surface area (Å²) in [5.41, 5.74) is 6.86. The smallest absolute Gasteiger partial charge is 0.352 e. The van der Waals surface area contributed by atoms with Crippen LogP contribution in [0.5, 0.6) is 0 Å². The van der Waals surface area contributed by atoms with Gasteiger partial charge in [-0.3, -0.25) is 0 Å². The minimum absolute atomic E-state index is 0.356. The summed E-state index contributed by atoms with van der Waals surface area (Å²) >= 11 is 0. The number of aromatic nitrogens is 1. The van der Waals surface area contributed by atoms with Crippen LogP contribution in [0.3, 0.4) is 0 Å². The average molecular weight is 399 g/mol. The third-order valence-corrected chi connectivity index (χ3v) is 5.62. The van der Waals surface area contributed by atoms with Gasteiger partial charge in [0.25, 0.3) is 0 Å². The SMILES string of the molecule is Cc1ccc(Cn2c(C(=O)O)c(CNCc3ccccc3C)c3ccccc32)cc1. The maximum atomic E-state index is 12.3. The van der Waals surface area contributed by atoms with Crippen LogP contribution in [0.1, 0.15) is 38.3 Å². The van der Waals surface area contributed by atoms with Gasteiger partial charge in [-0.15, -0.1) is 0 Å². The number of carboxylic acid groups (broad SMARTS) is 1. The molecule has 4 rings (SSSR count). The van der Waals surface area contributed by atoms with Crippen molar-refractivity contribution in [3.63, 3.8) is 0 Å². The van der Waals surface area contributed by atoms with Crippen molar-refractivity contribution < 1.29 is 9.90 Å². The van der Waals surface area contributed by atoms with E-state index >= 15 is 0 Å². The highest BCUT2D eigenvalue weighted by atomic mass is 16.4. The summed E-state index contributed by atoms with van der Waals surface area (Å²) in [6, 6.07) is 24.4. The van der Waals surface area contributed by atoms with Crippen molar-refractivity contribution in [1.82, 2.24) is 9.88 Å². The number of fused-ring (bicyclic) bond motifs is 1. The van der Waals surface area contributed by atoms with Gasteiger partial charge in [0.2, 0.25) is 0 Å². The van der Waals surface area contributed by atoms with Crippen molar-refractivity contribution in [2.45, 2.75) is 33.5 Å². The van der Waals surface area contributed by atoms with Crippen LogP contribution in [0, 0.1) is 13.8 Å². The molecule has 4 aromatic rings. The lowest BCUT2D eigenvalue weighted by molar-refractivity contribution is 0.0685. The van der Waals surface area contributed by atoms with Gasteiger partial charge >= 0.3 is 5.97 Å². The molecule has 152 valence electrons. The Morgan fingerprint density at radius 1 is 0.900 bits per heavy atom. The topological polar surface area (TPSA) is 54.3 Å². The van der Waals surface area contributed by atoms with Crippen LogP contribution >= 0.6 is 0 Å². The summed E-state index contributed by atoms with van der Waals surface area (Å²) in [7, 11) is 0. The zero-order valence-electron chi connectivity index (χ0n) is 17.4. The van der Waals surface area contributed by atoms with E-state index in [1.807, 2.05) is 41.0 Å². The Morgan fingerprint density at radius 2 is 1.60 bits per heavy atom. The second-order valence-electron chi connectivity index (χ2n) is 7.75. The Morgan fingerprint density at radius 3 is 2.33 bits per heavy atom. The van der Waals surface area contributed by atoms with Gasteiger partial charge in [-0.2, -0.15) is 0 Å². The fraction of sp³-hybridized carbons (Fsp3) is 0.192. The molecule has 4 nitrogen and oxygen atoms in total.